The van der Waals surface area contributed by atoms with Gasteiger partial charge >= 0.3 is 0 Å². The summed E-state index contributed by atoms with van der Waals surface area (Å²) >= 11 is 3.51. The van der Waals surface area contributed by atoms with Crippen LogP contribution in [0.4, 0.5) is 0 Å². The van der Waals surface area contributed by atoms with Gasteiger partial charge in [0, 0.05) is 42.4 Å². The van der Waals surface area contributed by atoms with Crippen molar-refractivity contribution in [2.24, 2.45) is 0 Å². The van der Waals surface area contributed by atoms with Gasteiger partial charge in [-0.3, -0.25) is 0 Å². The molecule has 3 rings (SSSR count). The zero-order chi connectivity index (χ0) is 12.8. The van der Waals surface area contributed by atoms with Crippen LogP contribution in [-0.4, -0.2) is 30.6 Å². The van der Waals surface area contributed by atoms with E-state index in [0.29, 0.717) is 0 Å². The lowest BCUT2D eigenvalue weighted by Gasteiger charge is -2.44. The van der Waals surface area contributed by atoms with Gasteiger partial charge in [0.1, 0.15) is 11.4 Å². The van der Waals surface area contributed by atoms with Gasteiger partial charge in [-0.1, -0.05) is 22.5 Å². The SMILES string of the molecule is C=C1CC2(CCN(C)CC2)Oc2ccc(Br)cc21. The van der Waals surface area contributed by atoms with Crippen molar-refractivity contribution in [2.75, 3.05) is 20.1 Å². The summed E-state index contributed by atoms with van der Waals surface area (Å²) in [5, 5.41) is 0. The molecule has 0 N–H and O–H groups in total. The van der Waals surface area contributed by atoms with E-state index in [1.54, 1.807) is 0 Å². The van der Waals surface area contributed by atoms with E-state index in [9.17, 15) is 0 Å². The Morgan fingerprint density at radius 2 is 2.06 bits per heavy atom. The van der Waals surface area contributed by atoms with Crippen LogP contribution in [0.1, 0.15) is 24.8 Å². The van der Waals surface area contributed by atoms with Crippen LogP contribution in [0.15, 0.2) is 29.3 Å². The number of halogens is 1. The molecule has 2 aliphatic heterocycles. The van der Waals surface area contributed by atoms with Crippen molar-refractivity contribution in [3.63, 3.8) is 0 Å². The summed E-state index contributed by atoms with van der Waals surface area (Å²) in [6.45, 7) is 6.47. The Bertz CT molecular complexity index is 489. The molecule has 0 bridgehead atoms. The van der Waals surface area contributed by atoms with Crippen molar-refractivity contribution in [2.45, 2.75) is 24.9 Å². The Labute approximate surface area is 117 Å². The number of nitrogens with zero attached hydrogens (tertiary/aromatic N) is 1. The number of rotatable bonds is 0. The predicted octanol–water partition coefficient (Wildman–Crippen LogP) is 3.71. The highest BCUT2D eigenvalue weighted by molar-refractivity contribution is 9.10. The second kappa shape index (κ2) is 4.39. The van der Waals surface area contributed by atoms with Crippen LogP contribution in [0.2, 0.25) is 0 Å². The second-order valence-electron chi connectivity index (χ2n) is 5.51. The topological polar surface area (TPSA) is 12.5 Å². The van der Waals surface area contributed by atoms with E-state index in [2.05, 4.69) is 46.6 Å². The molecule has 0 unspecified atom stereocenters. The van der Waals surface area contributed by atoms with Gasteiger partial charge < -0.3 is 9.64 Å². The minimum Gasteiger partial charge on any atom is -0.486 e. The van der Waals surface area contributed by atoms with E-state index in [4.69, 9.17) is 4.74 Å². The molecule has 0 atom stereocenters. The fraction of sp³-hybridized carbons (Fsp3) is 0.467. The first-order valence-electron chi connectivity index (χ1n) is 6.43. The summed E-state index contributed by atoms with van der Waals surface area (Å²) < 4.78 is 7.41. The van der Waals surface area contributed by atoms with E-state index in [0.717, 1.165) is 48.1 Å². The summed E-state index contributed by atoms with van der Waals surface area (Å²) in [6.07, 6.45) is 3.15. The molecule has 3 heteroatoms. The number of benzene rings is 1. The second-order valence-corrected chi connectivity index (χ2v) is 6.42. The third kappa shape index (κ3) is 2.10. The Kier molecular flexibility index (Phi) is 2.99. The molecule has 1 saturated heterocycles. The first-order chi connectivity index (χ1) is 8.58. The number of hydrogen-bond donors (Lipinski definition) is 0. The number of piperidine rings is 1. The molecule has 0 aromatic heterocycles. The van der Waals surface area contributed by atoms with E-state index >= 15 is 0 Å². The van der Waals surface area contributed by atoms with Crippen LogP contribution in [-0.2, 0) is 0 Å². The molecule has 1 spiro atoms. The molecule has 0 amide bonds. The predicted molar refractivity (Wildman–Crippen MR) is 77.9 cm³/mol. The zero-order valence-electron chi connectivity index (χ0n) is 10.7. The highest BCUT2D eigenvalue weighted by atomic mass is 79.9. The molecular formula is C15H18BrNO. The molecule has 2 heterocycles. The van der Waals surface area contributed by atoms with Gasteiger partial charge in [0.25, 0.3) is 0 Å². The Hall–Kier alpha value is -0.800. The third-order valence-corrected chi connectivity index (χ3v) is 4.58. The van der Waals surface area contributed by atoms with Crippen LogP contribution in [0, 0.1) is 0 Å². The molecule has 1 aromatic rings. The minimum absolute atomic E-state index is 0.00950. The van der Waals surface area contributed by atoms with Gasteiger partial charge in [-0.05, 0) is 30.8 Å². The lowest BCUT2D eigenvalue weighted by Crippen LogP contribution is -2.48. The molecule has 0 saturated carbocycles. The molecular weight excluding hydrogens is 290 g/mol. The van der Waals surface area contributed by atoms with Crippen molar-refractivity contribution in [1.82, 2.24) is 4.90 Å². The molecule has 1 fully saturated rings. The van der Waals surface area contributed by atoms with E-state index in [1.165, 1.54) is 5.57 Å². The van der Waals surface area contributed by atoms with Crippen LogP contribution in [0.3, 0.4) is 0 Å². The molecule has 18 heavy (non-hydrogen) atoms. The van der Waals surface area contributed by atoms with E-state index in [-0.39, 0.29) is 5.60 Å². The third-order valence-electron chi connectivity index (χ3n) is 4.08. The maximum absolute atomic E-state index is 6.33. The van der Waals surface area contributed by atoms with Crippen LogP contribution in [0.5, 0.6) is 5.75 Å². The summed E-state index contributed by atoms with van der Waals surface area (Å²) in [7, 11) is 2.18. The van der Waals surface area contributed by atoms with Crippen molar-refractivity contribution < 1.29 is 4.74 Å². The summed E-state index contributed by atoms with van der Waals surface area (Å²) in [6, 6.07) is 6.21. The smallest absolute Gasteiger partial charge is 0.127 e. The van der Waals surface area contributed by atoms with E-state index < -0.39 is 0 Å². The maximum Gasteiger partial charge on any atom is 0.127 e. The van der Waals surface area contributed by atoms with Crippen molar-refractivity contribution in [3.8, 4) is 5.75 Å². The quantitative estimate of drug-likeness (QED) is 0.724. The molecule has 2 nitrogen and oxygen atoms in total. The number of fused-ring (bicyclic) bond motifs is 1. The molecule has 0 aliphatic carbocycles. The van der Waals surface area contributed by atoms with Crippen LogP contribution in [0.25, 0.3) is 5.57 Å². The van der Waals surface area contributed by atoms with Crippen LogP contribution < -0.4 is 4.74 Å². The van der Waals surface area contributed by atoms with Gasteiger partial charge in [0.2, 0.25) is 0 Å². The fourth-order valence-electron chi connectivity index (χ4n) is 2.93. The lowest BCUT2D eigenvalue weighted by atomic mass is 9.81. The Morgan fingerprint density at radius 3 is 2.78 bits per heavy atom. The van der Waals surface area contributed by atoms with Crippen molar-refractivity contribution >= 4 is 21.5 Å². The Morgan fingerprint density at radius 1 is 1.33 bits per heavy atom. The fourth-order valence-corrected chi connectivity index (χ4v) is 3.29. The largest absolute Gasteiger partial charge is 0.486 e. The minimum atomic E-state index is -0.00950. The summed E-state index contributed by atoms with van der Waals surface area (Å²) in [5.74, 6) is 0.999. The summed E-state index contributed by atoms with van der Waals surface area (Å²) in [4.78, 5) is 2.37. The van der Waals surface area contributed by atoms with Gasteiger partial charge in [-0.2, -0.15) is 0 Å². The average Bonchev–Trinajstić information content (AvgIpc) is 2.35. The number of ether oxygens (including phenoxy) is 1. The van der Waals surface area contributed by atoms with Gasteiger partial charge in [-0.15, -0.1) is 0 Å². The molecule has 1 aromatic carbocycles. The van der Waals surface area contributed by atoms with Gasteiger partial charge in [0.15, 0.2) is 0 Å². The summed E-state index contributed by atoms with van der Waals surface area (Å²) in [5.41, 5.74) is 2.36. The average molecular weight is 308 g/mol. The number of likely N-dealkylation sites (tertiary alicyclic amines) is 1. The normalized spacial score (nSPS) is 22.7. The molecule has 2 aliphatic rings. The van der Waals surface area contributed by atoms with Crippen molar-refractivity contribution in [3.05, 3.63) is 34.8 Å². The molecule has 0 radical (unpaired) electrons. The molecule has 96 valence electrons. The van der Waals surface area contributed by atoms with Gasteiger partial charge in [0.05, 0.1) is 0 Å². The first kappa shape index (κ1) is 12.2. The maximum atomic E-state index is 6.33. The standard InChI is InChI=1S/C15H18BrNO/c1-11-10-15(5-7-17(2)8-6-15)18-14-4-3-12(16)9-13(11)14/h3-4,9H,1,5-8,10H2,2H3. The van der Waals surface area contributed by atoms with E-state index in [1.807, 2.05) is 6.07 Å². The van der Waals surface area contributed by atoms with Crippen molar-refractivity contribution in [1.29, 1.82) is 0 Å². The highest BCUT2D eigenvalue weighted by Gasteiger charge is 2.40. The monoisotopic (exact) mass is 307 g/mol. The Balaban J connectivity index is 1.92. The van der Waals surface area contributed by atoms with Gasteiger partial charge in [-0.25, -0.2) is 0 Å². The zero-order valence-corrected chi connectivity index (χ0v) is 12.3. The highest BCUT2D eigenvalue weighted by Crippen LogP contribution is 2.44. The lowest BCUT2D eigenvalue weighted by molar-refractivity contribution is 0.00720. The first-order valence-corrected chi connectivity index (χ1v) is 7.23. The van der Waals surface area contributed by atoms with Crippen LogP contribution >= 0.6 is 15.9 Å². The number of hydrogen-bond acceptors (Lipinski definition) is 2.